The van der Waals surface area contributed by atoms with Gasteiger partial charge in [0.2, 0.25) is 0 Å². The summed E-state index contributed by atoms with van der Waals surface area (Å²) in [5.41, 5.74) is 6.67. The standard InChI is InChI=1S/C10H13NO2/c1-3-8(11)7-4-5-9(12)6(2)10(7)13/h3-5,8,12-13H,1,11H2,2H3/t8-/m1/s1. The molecule has 0 unspecified atom stereocenters. The van der Waals surface area contributed by atoms with Crippen LogP contribution in [0.3, 0.4) is 0 Å². The molecule has 3 heteroatoms. The Morgan fingerprint density at radius 1 is 1.46 bits per heavy atom. The van der Waals surface area contributed by atoms with E-state index in [1.165, 1.54) is 12.1 Å². The number of phenols is 2. The lowest BCUT2D eigenvalue weighted by Crippen LogP contribution is -2.06. The van der Waals surface area contributed by atoms with Gasteiger partial charge >= 0.3 is 0 Å². The van der Waals surface area contributed by atoms with Crippen LogP contribution in [-0.2, 0) is 0 Å². The summed E-state index contributed by atoms with van der Waals surface area (Å²) in [5, 5.41) is 18.8. The third-order valence-electron chi connectivity index (χ3n) is 2.05. The molecule has 0 radical (unpaired) electrons. The first-order valence-corrected chi connectivity index (χ1v) is 3.97. The number of hydrogen-bond donors (Lipinski definition) is 3. The second-order valence-electron chi connectivity index (χ2n) is 2.91. The quantitative estimate of drug-likeness (QED) is 0.604. The summed E-state index contributed by atoms with van der Waals surface area (Å²) in [6, 6.07) is 2.69. The number of rotatable bonds is 2. The minimum absolute atomic E-state index is 0.0346. The molecule has 1 atom stereocenters. The Morgan fingerprint density at radius 2 is 2.08 bits per heavy atom. The third-order valence-corrected chi connectivity index (χ3v) is 2.05. The zero-order valence-corrected chi connectivity index (χ0v) is 7.49. The molecule has 0 saturated carbocycles. The third kappa shape index (κ3) is 1.65. The molecule has 0 aliphatic heterocycles. The van der Waals surface area contributed by atoms with Gasteiger partial charge in [-0.2, -0.15) is 0 Å². The van der Waals surface area contributed by atoms with E-state index in [9.17, 15) is 10.2 Å². The van der Waals surface area contributed by atoms with Crippen molar-refractivity contribution in [3.63, 3.8) is 0 Å². The van der Waals surface area contributed by atoms with Gasteiger partial charge in [0.15, 0.2) is 0 Å². The number of aromatic hydroxyl groups is 2. The molecule has 70 valence electrons. The smallest absolute Gasteiger partial charge is 0.127 e. The Bertz CT molecular complexity index is 334. The molecule has 3 nitrogen and oxygen atoms in total. The van der Waals surface area contributed by atoms with E-state index < -0.39 is 6.04 Å². The first-order chi connectivity index (χ1) is 6.07. The minimum atomic E-state index is -0.403. The molecule has 0 fully saturated rings. The Kier molecular flexibility index (Phi) is 2.58. The van der Waals surface area contributed by atoms with Gasteiger partial charge in [-0.25, -0.2) is 0 Å². The summed E-state index contributed by atoms with van der Waals surface area (Å²) in [4.78, 5) is 0. The van der Waals surface area contributed by atoms with Crippen LogP contribution in [0.2, 0.25) is 0 Å². The lowest BCUT2D eigenvalue weighted by Gasteiger charge is -2.11. The lowest BCUT2D eigenvalue weighted by atomic mass is 10.0. The number of benzene rings is 1. The summed E-state index contributed by atoms with van der Waals surface area (Å²) in [5.74, 6) is 0.102. The molecular formula is C10H13NO2. The Hall–Kier alpha value is -1.48. The predicted molar refractivity (Wildman–Crippen MR) is 51.6 cm³/mol. The number of phenolic OH excluding ortho intramolecular Hbond substituents is 2. The van der Waals surface area contributed by atoms with Crippen LogP contribution >= 0.6 is 0 Å². The fraction of sp³-hybridized carbons (Fsp3) is 0.200. The van der Waals surface area contributed by atoms with E-state index in [2.05, 4.69) is 6.58 Å². The maximum absolute atomic E-state index is 9.59. The second-order valence-corrected chi connectivity index (χ2v) is 2.91. The fourth-order valence-corrected chi connectivity index (χ4v) is 1.11. The van der Waals surface area contributed by atoms with Crippen LogP contribution in [0.25, 0.3) is 0 Å². The topological polar surface area (TPSA) is 66.5 Å². The predicted octanol–water partition coefficient (Wildman–Crippen LogP) is 1.59. The highest BCUT2D eigenvalue weighted by Crippen LogP contribution is 2.32. The maximum Gasteiger partial charge on any atom is 0.127 e. The van der Waals surface area contributed by atoms with Crippen molar-refractivity contribution in [1.82, 2.24) is 0 Å². The van der Waals surface area contributed by atoms with Gasteiger partial charge in [-0.1, -0.05) is 6.08 Å². The van der Waals surface area contributed by atoms with Crippen molar-refractivity contribution in [2.75, 3.05) is 0 Å². The zero-order chi connectivity index (χ0) is 10.0. The average molecular weight is 179 g/mol. The van der Waals surface area contributed by atoms with Gasteiger partial charge in [-0.05, 0) is 19.1 Å². The molecule has 13 heavy (non-hydrogen) atoms. The highest BCUT2D eigenvalue weighted by molar-refractivity contribution is 5.49. The molecule has 0 amide bonds. The summed E-state index contributed by atoms with van der Waals surface area (Å²) in [6.45, 7) is 5.16. The van der Waals surface area contributed by atoms with Crippen molar-refractivity contribution in [1.29, 1.82) is 0 Å². The molecule has 1 rings (SSSR count). The highest BCUT2D eigenvalue weighted by atomic mass is 16.3. The normalized spacial score (nSPS) is 12.5. The van der Waals surface area contributed by atoms with Gasteiger partial charge in [-0.3, -0.25) is 0 Å². The molecule has 1 aromatic rings. The zero-order valence-electron chi connectivity index (χ0n) is 7.49. The molecule has 0 heterocycles. The Labute approximate surface area is 77.1 Å². The van der Waals surface area contributed by atoms with E-state index in [-0.39, 0.29) is 11.5 Å². The average Bonchev–Trinajstić information content (AvgIpc) is 2.13. The van der Waals surface area contributed by atoms with E-state index in [0.717, 1.165) is 0 Å². The molecule has 0 saturated heterocycles. The Morgan fingerprint density at radius 3 is 2.62 bits per heavy atom. The van der Waals surface area contributed by atoms with Crippen LogP contribution in [0.1, 0.15) is 17.2 Å². The minimum Gasteiger partial charge on any atom is -0.508 e. The van der Waals surface area contributed by atoms with Gasteiger partial charge in [0, 0.05) is 11.1 Å². The van der Waals surface area contributed by atoms with Crippen molar-refractivity contribution in [2.45, 2.75) is 13.0 Å². The van der Waals surface area contributed by atoms with Crippen LogP contribution in [0.15, 0.2) is 24.8 Å². The van der Waals surface area contributed by atoms with Crippen molar-refractivity contribution in [3.8, 4) is 11.5 Å². The maximum atomic E-state index is 9.59. The highest BCUT2D eigenvalue weighted by Gasteiger charge is 2.11. The summed E-state index contributed by atoms with van der Waals surface area (Å²) in [7, 11) is 0. The molecule has 1 aromatic carbocycles. The number of hydrogen-bond acceptors (Lipinski definition) is 3. The van der Waals surface area contributed by atoms with Crippen molar-refractivity contribution >= 4 is 0 Å². The van der Waals surface area contributed by atoms with Crippen LogP contribution in [-0.4, -0.2) is 10.2 Å². The van der Waals surface area contributed by atoms with Crippen LogP contribution in [0, 0.1) is 6.92 Å². The van der Waals surface area contributed by atoms with Gasteiger partial charge in [0.05, 0.1) is 6.04 Å². The lowest BCUT2D eigenvalue weighted by molar-refractivity contribution is 0.437. The summed E-state index contributed by atoms with van der Waals surface area (Å²) >= 11 is 0. The summed E-state index contributed by atoms with van der Waals surface area (Å²) < 4.78 is 0. The largest absolute Gasteiger partial charge is 0.508 e. The van der Waals surface area contributed by atoms with Crippen LogP contribution < -0.4 is 5.73 Å². The monoisotopic (exact) mass is 179 g/mol. The van der Waals surface area contributed by atoms with Crippen LogP contribution in [0.5, 0.6) is 11.5 Å². The van der Waals surface area contributed by atoms with E-state index in [0.29, 0.717) is 11.1 Å². The Balaban J connectivity index is 3.25. The van der Waals surface area contributed by atoms with Gasteiger partial charge in [-0.15, -0.1) is 6.58 Å². The van der Waals surface area contributed by atoms with Crippen molar-refractivity contribution < 1.29 is 10.2 Å². The van der Waals surface area contributed by atoms with E-state index in [4.69, 9.17) is 5.73 Å². The first-order valence-electron chi connectivity index (χ1n) is 3.97. The van der Waals surface area contributed by atoms with E-state index in [1.807, 2.05) is 0 Å². The molecular weight excluding hydrogens is 166 g/mol. The SMILES string of the molecule is C=C[C@@H](N)c1ccc(O)c(C)c1O. The van der Waals surface area contributed by atoms with Crippen molar-refractivity contribution in [2.24, 2.45) is 5.73 Å². The van der Waals surface area contributed by atoms with Gasteiger partial charge < -0.3 is 15.9 Å². The van der Waals surface area contributed by atoms with Crippen molar-refractivity contribution in [3.05, 3.63) is 35.9 Å². The van der Waals surface area contributed by atoms with E-state index in [1.54, 1.807) is 13.0 Å². The van der Waals surface area contributed by atoms with Gasteiger partial charge in [0.1, 0.15) is 11.5 Å². The summed E-state index contributed by atoms with van der Waals surface area (Å²) in [6.07, 6.45) is 1.53. The molecule has 0 aromatic heterocycles. The first kappa shape index (κ1) is 9.61. The molecule has 0 aliphatic carbocycles. The molecule has 0 spiro atoms. The molecule has 0 bridgehead atoms. The molecule has 0 aliphatic rings. The van der Waals surface area contributed by atoms with Gasteiger partial charge in [0.25, 0.3) is 0 Å². The second kappa shape index (κ2) is 3.49. The fourth-order valence-electron chi connectivity index (χ4n) is 1.11. The van der Waals surface area contributed by atoms with Crippen LogP contribution in [0.4, 0.5) is 0 Å². The molecule has 4 N–H and O–H groups in total. The van der Waals surface area contributed by atoms with E-state index >= 15 is 0 Å². The number of nitrogens with two attached hydrogens (primary N) is 1.